The van der Waals surface area contributed by atoms with Gasteiger partial charge in [0.1, 0.15) is 17.6 Å². The van der Waals surface area contributed by atoms with Gasteiger partial charge in [0.05, 0.1) is 18.3 Å². The van der Waals surface area contributed by atoms with Crippen LogP contribution >= 0.6 is 0 Å². The Labute approximate surface area is 151 Å². The monoisotopic (exact) mass is 352 g/mol. The van der Waals surface area contributed by atoms with E-state index < -0.39 is 12.0 Å². The molecule has 0 aliphatic carbocycles. The van der Waals surface area contributed by atoms with Crippen LogP contribution in [0, 0.1) is 6.92 Å². The third kappa shape index (κ3) is 3.66. The molecule has 7 heteroatoms. The van der Waals surface area contributed by atoms with Crippen LogP contribution < -0.4 is 15.4 Å². The Morgan fingerprint density at radius 1 is 1.19 bits per heavy atom. The fourth-order valence-corrected chi connectivity index (χ4v) is 2.55. The molecule has 0 fully saturated rings. The molecule has 0 amide bonds. The summed E-state index contributed by atoms with van der Waals surface area (Å²) in [7, 11) is 1.60. The second-order valence-electron chi connectivity index (χ2n) is 5.95. The topological polar surface area (TPSA) is 96.4 Å². The Bertz CT molecular complexity index is 959. The molecule has 134 valence electrons. The van der Waals surface area contributed by atoms with Gasteiger partial charge in [-0.25, -0.2) is 4.98 Å². The predicted molar refractivity (Wildman–Crippen MR) is 101 cm³/mol. The molecule has 1 atom stereocenters. The second kappa shape index (κ2) is 7.26. The van der Waals surface area contributed by atoms with E-state index in [9.17, 15) is 9.90 Å². The molecule has 0 saturated carbocycles. The van der Waals surface area contributed by atoms with Gasteiger partial charge in [0.25, 0.3) is 0 Å². The van der Waals surface area contributed by atoms with Crippen LogP contribution in [-0.4, -0.2) is 34.2 Å². The number of fused-ring (bicyclic) bond motifs is 1. The number of carbonyl (C=O) groups is 1. The maximum absolute atomic E-state index is 11.2. The Morgan fingerprint density at radius 2 is 1.96 bits per heavy atom. The number of aliphatic carboxylic acids is 1. The molecular formula is C19H20N4O3. The van der Waals surface area contributed by atoms with Gasteiger partial charge in [-0.15, -0.1) is 0 Å². The van der Waals surface area contributed by atoms with E-state index in [-0.39, 0.29) is 0 Å². The van der Waals surface area contributed by atoms with Crippen LogP contribution in [0.2, 0.25) is 0 Å². The van der Waals surface area contributed by atoms with E-state index in [0.29, 0.717) is 23.0 Å². The third-order valence-electron chi connectivity index (χ3n) is 3.93. The molecule has 1 aromatic heterocycles. The van der Waals surface area contributed by atoms with E-state index in [1.54, 1.807) is 14.0 Å². The molecule has 0 aliphatic rings. The Hall–Kier alpha value is -3.35. The fraction of sp³-hybridized carbons (Fsp3) is 0.211. The van der Waals surface area contributed by atoms with Gasteiger partial charge in [-0.1, -0.05) is 18.2 Å². The molecule has 0 radical (unpaired) electrons. The van der Waals surface area contributed by atoms with E-state index in [1.165, 1.54) is 0 Å². The maximum atomic E-state index is 11.2. The minimum atomic E-state index is -0.956. The standard InChI is InChI=1S/C19H20N4O3/c1-11-8-9-16(26-3)15(10-11)22-19-21-14-7-5-4-6-13(14)17(23-19)20-12(2)18(24)25/h4-10,12H,1-3H3,(H,24,25)(H2,20,21,22,23). The number of rotatable bonds is 6. The molecule has 7 nitrogen and oxygen atoms in total. The van der Waals surface area contributed by atoms with Gasteiger partial charge < -0.3 is 20.5 Å². The number of nitrogens with zero attached hydrogens (tertiary/aromatic N) is 2. The second-order valence-corrected chi connectivity index (χ2v) is 5.95. The molecular weight excluding hydrogens is 332 g/mol. The smallest absolute Gasteiger partial charge is 0.325 e. The lowest BCUT2D eigenvalue weighted by Crippen LogP contribution is -2.26. The highest BCUT2D eigenvalue weighted by Gasteiger charge is 2.15. The van der Waals surface area contributed by atoms with Crippen molar-refractivity contribution in [2.45, 2.75) is 19.9 Å². The highest BCUT2D eigenvalue weighted by molar-refractivity contribution is 5.92. The molecule has 3 rings (SSSR count). The van der Waals surface area contributed by atoms with Crippen LogP contribution in [0.4, 0.5) is 17.5 Å². The van der Waals surface area contributed by atoms with Crippen LogP contribution in [0.3, 0.4) is 0 Å². The number of ether oxygens (including phenoxy) is 1. The lowest BCUT2D eigenvalue weighted by atomic mass is 10.2. The number of para-hydroxylation sites is 1. The van der Waals surface area contributed by atoms with Gasteiger partial charge in [-0.05, 0) is 43.7 Å². The average molecular weight is 352 g/mol. The zero-order valence-corrected chi connectivity index (χ0v) is 14.8. The number of hydrogen-bond acceptors (Lipinski definition) is 6. The largest absolute Gasteiger partial charge is 0.495 e. The third-order valence-corrected chi connectivity index (χ3v) is 3.93. The van der Waals surface area contributed by atoms with Gasteiger partial charge in [-0.2, -0.15) is 4.98 Å². The van der Waals surface area contributed by atoms with Crippen LogP contribution in [-0.2, 0) is 4.79 Å². The fourth-order valence-electron chi connectivity index (χ4n) is 2.55. The Balaban J connectivity index is 2.04. The number of methoxy groups -OCH3 is 1. The van der Waals surface area contributed by atoms with E-state index in [0.717, 1.165) is 16.6 Å². The first-order valence-electron chi connectivity index (χ1n) is 8.15. The summed E-state index contributed by atoms with van der Waals surface area (Å²) < 4.78 is 5.37. The molecule has 1 heterocycles. The minimum Gasteiger partial charge on any atom is -0.495 e. The number of aryl methyl sites for hydroxylation is 1. The van der Waals surface area contributed by atoms with E-state index in [2.05, 4.69) is 20.6 Å². The molecule has 0 bridgehead atoms. The van der Waals surface area contributed by atoms with Crippen LogP contribution in [0.5, 0.6) is 5.75 Å². The number of hydrogen-bond donors (Lipinski definition) is 3. The van der Waals surface area contributed by atoms with Crippen LogP contribution in [0.1, 0.15) is 12.5 Å². The summed E-state index contributed by atoms with van der Waals surface area (Å²) in [6.45, 7) is 3.54. The molecule has 0 aliphatic heterocycles. The Kier molecular flexibility index (Phi) is 4.88. The van der Waals surface area contributed by atoms with Crippen molar-refractivity contribution < 1.29 is 14.6 Å². The van der Waals surface area contributed by atoms with Crippen molar-refractivity contribution in [3.8, 4) is 5.75 Å². The van der Waals surface area contributed by atoms with E-state index in [1.807, 2.05) is 49.4 Å². The normalized spacial score (nSPS) is 11.8. The zero-order chi connectivity index (χ0) is 18.7. The summed E-state index contributed by atoms with van der Waals surface area (Å²) in [6, 6.07) is 12.4. The van der Waals surface area contributed by atoms with Crippen LogP contribution in [0.15, 0.2) is 42.5 Å². The molecule has 3 N–H and O–H groups in total. The average Bonchev–Trinajstić information content (AvgIpc) is 2.62. The summed E-state index contributed by atoms with van der Waals surface area (Å²) in [4.78, 5) is 20.2. The first kappa shape index (κ1) is 17.5. The zero-order valence-electron chi connectivity index (χ0n) is 14.8. The lowest BCUT2D eigenvalue weighted by molar-refractivity contribution is -0.137. The molecule has 1 unspecified atom stereocenters. The van der Waals surface area contributed by atoms with Gasteiger partial charge in [0, 0.05) is 5.39 Å². The van der Waals surface area contributed by atoms with Gasteiger partial charge in [0.15, 0.2) is 0 Å². The SMILES string of the molecule is COc1ccc(C)cc1Nc1nc(NC(C)C(=O)O)c2ccccc2n1. The minimum absolute atomic E-state index is 0.354. The highest BCUT2D eigenvalue weighted by atomic mass is 16.5. The summed E-state index contributed by atoms with van der Waals surface area (Å²) >= 11 is 0. The maximum Gasteiger partial charge on any atom is 0.325 e. The Morgan fingerprint density at radius 3 is 2.69 bits per heavy atom. The van der Waals surface area contributed by atoms with Crippen molar-refractivity contribution in [2.75, 3.05) is 17.7 Å². The predicted octanol–water partition coefficient (Wildman–Crippen LogP) is 3.58. The highest BCUT2D eigenvalue weighted by Crippen LogP contribution is 2.29. The van der Waals surface area contributed by atoms with Gasteiger partial charge in [-0.3, -0.25) is 4.79 Å². The van der Waals surface area contributed by atoms with Crippen molar-refractivity contribution in [3.63, 3.8) is 0 Å². The molecule has 0 saturated heterocycles. The lowest BCUT2D eigenvalue weighted by Gasteiger charge is -2.15. The summed E-state index contributed by atoms with van der Waals surface area (Å²) in [5.74, 6) is 0.524. The van der Waals surface area contributed by atoms with Crippen molar-refractivity contribution in [1.82, 2.24) is 9.97 Å². The van der Waals surface area contributed by atoms with Crippen LogP contribution in [0.25, 0.3) is 10.9 Å². The summed E-state index contributed by atoms with van der Waals surface area (Å²) in [6.07, 6.45) is 0. The molecule has 3 aromatic rings. The van der Waals surface area contributed by atoms with Crippen molar-refractivity contribution in [3.05, 3.63) is 48.0 Å². The first-order chi connectivity index (χ1) is 12.5. The number of anilines is 3. The molecule has 2 aromatic carbocycles. The first-order valence-corrected chi connectivity index (χ1v) is 8.15. The van der Waals surface area contributed by atoms with Crippen molar-refractivity contribution in [2.24, 2.45) is 0 Å². The summed E-state index contributed by atoms with van der Waals surface area (Å²) in [5.41, 5.74) is 2.50. The quantitative estimate of drug-likeness (QED) is 0.624. The number of nitrogens with one attached hydrogen (secondary N) is 2. The number of carboxylic acid groups (broad SMARTS) is 1. The van der Waals surface area contributed by atoms with Crippen molar-refractivity contribution in [1.29, 1.82) is 0 Å². The summed E-state index contributed by atoms with van der Waals surface area (Å²) in [5, 5.41) is 16.0. The number of carboxylic acids is 1. The molecule has 26 heavy (non-hydrogen) atoms. The van der Waals surface area contributed by atoms with Gasteiger partial charge in [0.2, 0.25) is 5.95 Å². The number of benzene rings is 2. The van der Waals surface area contributed by atoms with Crippen molar-refractivity contribution >= 4 is 34.3 Å². The van der Waals surface area contributed by atoms with E-state index >= 15 is 0 Å². The van der Waals surface area contributed by atoms with E-state index in [4.69, 9.17) is 4.74 Å². The molecule has 0 spiro atoms. The number of aromatic nitrogens is 2. The van der Waals surface area contributed by atoms with Gasteiger partial charge >= 0.3 is 5.97 Å².